The summed E-state index contributed by atoms with van der Waals surface area (Å²) in [7, 11) is 0. The predicted molar refractivity (Wildman–Crippen MR) is 75.0 cm³/mol. The summed E-state index contributed by atoms with van der Waals surface area (Å²) in [6.07, 6.45) is 3.14. The summed E-state index contributed by atoms with van der Waals surface area (Å²) in [6, 6.07) is 0. The number of ether oxygens (including phenoxy) is 1. The lowest BCUT2D eigenvalue weighted by molar-refractivity contribution is -0.118. The van der Waals surface area contributed by atoms with Gasteiger partial charge in [-0.3, -0.25) is 0 Å². The molecule has 0 aromatic rings. The number of Topliss-reactive ketones (excluding diaryl/α,β-unsaturated/α-hetero) is 1. The molecule has 0 spiro atoms. The Labute approximate surface area is 116 Å². The maximum absolute atomic E-state index is 11.8. The zero-order chi connectivity index (χ0) is 14.5. The number of carbonyl (C=O) groups excluding carboxylic acids is 2. The van der Waals surface area contributed by atoms with Gasteiger partial charge in [0.15, 0.2) is 0 Å². The van der Waals surface area contributed by atoms with Crippen molar-refractivity contribution in [1.82, 2.24) is 4.90 Å². The molecule has 0 atom stereocenters. The van der Waals surface area contributed by atoms with Crippen molar-refractivity contribution in [2.24, 2.45) is 11.3 Å². The van der Waals surface area contributed by atoms with Crippen LogP contribution in [0.15, 0.2) is 0 Å². The molecular formula is C15H27NO3. The average Bonchev–Trinajstić information content (AvgIpc) is 2.27. The van der Waals surface area contributed by atoms with Gasteiger partial charge in [0.05, 0.1) is 6.61 Å². The van der Waals surface area contributed by atoms with Gasteiger partial charge in [-0.25, -0.2) is 4.79 Å². The highest BCUT2D eigenvalue weighted by Crippen LogP contribution is 2.22. The van der Waals surface area contributed by atoms with Crippen LogP contribution >= 0.6 is 0 Å². The lowest BCUT2D eigenvalue weighted by atomic mass is 9.92. The highest BCUT2D eigenvalue weighted by Gasteiger charge is 2.24. The maximum atomic E-state index is 11.8. The Morgan fingerprint density at radius 3 is 2.26 bits per heavy atom. The first-order valence-corrected chi connectivity index (χ1v) is 7.19. The smallest absolute Gasteiger partial charge is 0.409 e. The van der Waals surface area contributed by atoms with Gasteiger partial charge in [0.2, 0.25) is 0 Å². The van der Waals surface area contributed by atoms with Gasteiger partial charge in [-0.15, -0.1) is 0 Å². The first-order chi connectivity index (χ1) is 8.78. The highest BCUT2D eigenvalue weighted by atomic mass is 16.6. The van der Waals surface area contributed by atoms with Crippen LogP contribution in [0.3, 0.4) is 0 Å². The molecule has 0 bridgehead atoms. The fraction of sp³-hybridized carbons (Fsp3) is 0.867. The third-order valence-corrected chi connectivity index (χ3v) is 3.53. The van der Waals surface area contributed by atoms with Gasteiger partial charge >= 0.3 is 6.09 Å². The number of carbonyl (C=O) groups is 2. The third kappa shape index (κ3) is 6.60. The Hall–Kier alpha value is -1.06. The summed E-state index contributed by atoms with van der Waals surface area (Å²) < 4.78 is 5.29. The molecule has 1 rings (SSSR count). The number of likely N-dealkylation sites (tertiary alicyclic amines) is 1. The van der Waals surface area contributed by atoms with E-state index in [2.05, 4.69) is 20.8 Å². The molecule has 0 unspecified atom stereocenters. The maximum Gasteiger partial charge on any atom is 0.409 e. The number of hydrogen-bond acceptors (Lipinski definition) is 3. The first kappa shape index (κ1) is 16.0. The monoisotopic (exact) mass is 269 g/mol. The number of nitrogens with zero attached hydrogens (tertiary/aromatic N) is 1. The van der Waals surface area contributed by atoms with Crippen molar-refractivity contribution in [2.45, 2.75) is 53.4 Å². The summed E-state index contributed by atoms with van der Waals surface area (Å²) in [4.78, 5) is 24.7. The van der Waals surface area contributed by atoms with Crippen molar-refractivity contribution in [2.75, 3.05) is 19.7 Å². The van der Waals surface area contributed by atoms with Crippen molar-refractivity contribution in [3.8, 4) is 0 Å². The van der Waals surface area contributed by atoms with Crippen LogP contribution in [0.5, 0.6) is 0 Å². The molecule has 0 aromatic carbocycles. The average molecular weight is 269 g/mol. The van der Waals surface area contributed by atoms with Crippen molar-refractivity contribution in [3.63, 3.8) is 0 Å². The Balaban J connectivity index is 2.23. The van der Waals surface area contributed by atoms with Gasteiger partial charge in [-0.2, -0.15) is 0 Å². The van der Waals surface area contributed by atoms with Crippen molar-refractivity contribution in [1.29, 1.82) is 0 Å². The van der Waals surface area contributed by atoms with E-state index in [-0.39, 0.29) is 17.3 Å². The lowest BCUT2D eigenvalue weighted by Gasteiger charge is -2.31. The molecule has 1 amide bonds. The Morgan fingerprint density at radius 2 is 1.79 bits per heavy atom. The zero-order valence-electron chi connectivity index (χ0n) is 12.7. The van der Waals surface area contributed by atoms with Crippen molar-refractivity contribution in [3.05, 3.63) is 0 Å². The number of amides is 1. The number of hydrogen-bond donors (Lipinski definition) is 0. The van der Waals surface area contributed by atoms with Gasteiger partial charge in [0.25, 0.3) is 0 Å². The largest absolute Gasteiger partial charge is 0.449 e. The van der Waals surface area contributed by atoms with Crippen molar-refractivity contribution < 1.29 is 14.3 Å². The van der Waals surface area contributed by atoms with Gasteiger partial charge < -0.3 is 14.4 Å². The second-order valence-corrected chi connectivity index (χ2v) is 6.76. The SMILES string of the molecule is CC(=O)CC1CCN(C(=O)OCCC(C)(C)C)CC1. The molecule has 0 aromatic heterocycles. The van der Waals surface area contributed by atoms with Crippen LogP contribution in [-0.4, -0.2) is 36.5 Å². The molecule has 1 saturated heterocycles. The van der Waals surface area contributed by atoms with Gasteiger partial charge in [-0.05, 0) is 37.5 Å². The molecule has 0 N–H and O–H groups in total. The van der Waals surface area contributed by atoms with E-state index < -0.39 is 0 Å². The van der Waals surface area contributed by atoms with E-state index in [9.17, 15) is 9.59 Å². The summed E-state index contributed by atoms with van der Waals surface area (Å²) in [6.45, 7) is 9.94. The zero-order valence-corrected chi connectivity index (χ0v) is 12.7. The highest BCUT2D eigenvalue weighted by molar-refractivity contribution is 5.75. The van der Waals surface area contributed by atoms with Crippen LogP contribution < -0.4 is 0 Å². The summed E-state index contributed by atoms with van der Waals surface area (Å²) in [5.74, 6) is 0.683. The molecule has 1 heterocycles. The molecule has 1 aliphatic rings. The molecular weight excluding hydrogens is 242 g/mol. The molecule has 0 saturated carbocycles. The minimum atomic E-state index is -0.203. The fourth-order valence-electron chi connectivity index (χ4n) is 2.26. The molecule has 0 aliphatic carbocycles. The van der Waals surface area contributed by atoms with Crippen LogP contribution in [0, 0.1) is 11.3 Å². The summed E-state index contributed by atoms with van der Waals surface area (Å²) >= 11 is 0. The van der Waals surface area contributed by atoms with Gasteiger partial charge in [-0.1, -0.05) is 20.8 Å². The van der Waals surface area contributed by atoms with Gasteiger partial charge in [0, 0.05) is 19.5 Å². The van der Waals surface area contributed by atoms with Crippen LogP contribution in [0.1, 0.15) is 53.4 Å². The van der Waals surface area contributed by atoms with E-state index in [1.807, 2.05) is 0 Å². The Bertz CT molecular complexity index is 312. The second kappa shape index (κ2) is 6.92. The topological polar surface area (TPSA) is 46.6 Å². The first-order valence-electron chi connectivity index (χ1n) is 7.19. The number of ketones is 1. The minimum absolute atomic E-state index is 0.189. The van der Waals surface area contributed by atoms with E-state index in [1.54, 1.807) is 11.8 Å². The van der Waals surface area contributed by atoms with E-state index in [4.69, 9.17) is 4.74 Å². The number of rotatable bonds is 4. The standard InChI is InChI=1S/C15H27NO3/c1-12(17)11-13-5-8-16(9-6-13)14(18)19-10-7-15(2,3)4/h13H,5-11H2,1-4H3. The Morgan fingerprint density at radius 1 is 1.21 bits per heavy atom. The van der Waals surface area contributed by atoms with E-state index in [0.29, 0.717) is 32.0 Å². The lowest BCUT2D eigenvalue weighted by Crippen LogP contribution is -2.39. The van der Waals surface area contributed by atoms with E-state index in [1.165, 1.54) is 0 Å². The third-order valence-electron chi connectivity index (χ3n) is 3.53. The quantitative estimate of drug-likeness (QED) is 0.787. The van der Waals surface area contributed by atoms with E-state index >= 15 is 0 Å². The Kier molecular flexibility index (Phi) is 5.83. The molecule has 4 nitrogen and oxygen atoms in total. The van der Waals surface area contributed by atoms with Gasteiger partial charge in [0.1, 0.15) is 5.78 Å². The summed E-state index contributed by atoms with van der Waals surface area (Å²) in [5.41, 5.74) is 0.189. The molecule has 1 fully saturated rings. The van der Waals surface area contributed by atoms with Crippen LogP contribution in [0.4, 0.5) is 4.79 Å². The normalized spacial score (nSPS) is 17.4. The minimum Gasteiger partial charge on any atom is -0.449 e. The molecule has 19 heavy (non-hydrogen) atoms. The molecule has 4 heteroatoms. The molecule has 0 radical (unpaired) electrons. The van der Waals surface area contributed by atoms with Crippen LogP contribution in [0.25, 0.3) is 0 Å². The number of piperidine rings is 1. The van der Waals surface area contributed by atoms with E-state index in [0.717, 1.165) is 19.3 Å². The molecule has 1 aliphatic heterocycles. The predicted octanol–water partition coefficient (Wildman–Crippen LogP) is 3.25. The fourth-order valence-corrected chi connectivity index (χ4v) is 2.26. The van der Waals surface area contributed by atoms with Crippen molar-refractivity contribution >= 4 is 11.9 Å². The second-order valence-electron chi connectivity index (χ2n) is 6.76. The summed E-state index contributed by atoms with van der Waals surface area (Å²) in [5, 5.41) is 0. The van der Waals surface area contributed by atoms with Crippen LogP contribution in [0.2, 0.25) is 0 Å². The van der Waals surface area contributed by atoms with Crippen LogP contribution in [-0.2, 0) is 9.53 Å². The molecule has 110 valence electrons.